The van der Waals surface area contributed by atoms with Gasteiger partial charge in [0.25, 0.3) is 10.0 Å². The number of anilines is 1. The van der Waals surface area contributed by atoms with Crippen molar-refractivity contribution in [3.63, 3.8) is 0 Å². The van der Waals surface area contributed by atoms with Gasteiger partial charge in [0.2, 0.25) is 11.8 Å². The number of hydrogen-bond acceptors (Lipinski definition) is 4. The van der Waals surface area contributed by atoms with E-state index in [1.54, 1.807) is 29.2 Å². The number of benzene rings is 3. The highest BCUT2D eigenvalue weighted by atomic mass is 32.2. The summed E-state index contributed by atoms with van der Waals surface area (Å²) >= 11 is 0. The first-order chi connectivity index (χ1) is 19.6. The molecule has 1 atom stereocenters. The first-order valence-corrected chi connectivity index (χ1v) is 15.8. The molecule has 2 amide bonds. The summed E-state index contributed by atoms with van der Waals surface area (Å²) in [6, 6.07) is 20.9. The van der Waals surface area contributed by atoms with Crippen LogP contribution in [0.1, 0.15) is 61.3 Å². The van der Waals surface area contributed by atoms with Crippen molar-refractivity contribution in [2.45, 2.75) is 83.3 Å². The molecule has 0 spiro atoms. The van der Waals surface area contributed by atoms with Crippen LogP contribution in [0.3, 0.4) is 0 Å². The number of carbonyl (C=O) groups excluding carboxylic acids is 2. The molecule has 1 fully saturated rings. The smallest absolute Gasteiger partial charge is 0.264 e. The Morgan fingerprint density at radius 1 is 0.902 bits per heavy atom. The lowest BCUT2D eigenvalue weighted by Crippen LogP contribution is -2.53. The number of hydrogen-bond donors (Lipinski definition) is 1. The van der Waals surface area contributed by atoms with E-state index in [2.05, 4.69) is 5.32 Å². The molecular weight excluding hydrogens is 534 g/mol. The van der Waals surface area contributed by atoms with E-state index in [-0.39, 0.29) is 23.4 Å². The maximum absolute atomic E-state index is 14.3. The summed E-state index contributed by atoms with van der Waals surface area (Å²) in [4.78, 5) is 29.5. The number of rotatable bonds is 11. The molecule has 1 aliphatic rings. The molecule has 0 aliphatic heterocycles. The van der Waals surface area contributed by atoms with E-state index in [4.69, 9.17) is 0 Å². The fourth-order valence-electron chi connectivity index (χ4n) is 5.52. The normalized spacial score (nSPS) is 14.4. The van der Waals surface area contributed by atoms with Gasteiger partial charge in [0.1, 0.15) is 12.6 Å². The second kappa shape index (κ2) is 13.3. The molecule has 8 heteroatoms. The van der Waals surface area contributed by atoms with Crippen LogP contribution in [0.2, 0.25) is 0 Å². The summed E-state index contributed by atoms with van der Waals surface area (Å²) in [5.74, 6) is -0.620. The van der Waals surface area contributed by atoms with E-state index in [1.165, 1.54) is 16.4 Å². The molecule has 41 heavy (non-hydrogen) atoms. The SMILES string of the molecule is CC[C@H](C(=O)NC1CCCC1)N(Cc1cccc(C)c1)C(=O)CN(c1cc(C)ccc1C)S(=O)(=O)c1ccccc1. The van der Waals surface area contributed by atoms with E-state index >= 15 is 0 Å². The Morgan fingerprint density at radius 3 is 2.24 bits per heavy atom. The maximum atomic E-state index is 14.3. The van der Waals surface area contributed by atoms with Crippen LogP contribution >= 0.6 is 0 Å². The summed E-state index contributed by atoms with van der Waals surface area (Å²) in [5.41, 5.74) is 3.99. The second-order valence-corrected chi connectivity index (χ2v) is 12.9. The third kappa shape index (κ3) is 7.36. The third-order valence-corrected chi connectivity index (χ3v) is 9.54. The fourth-order valence-corrected chi connectivity index (χ4v) is 7.01. The van der Waals surface area contributed by atoms with Crippen molar-refractivity contribution in [2.24, 2.45) is 0 Å². The summed E-state index contributed by atoms with van der Waals surface area (Å²) in [5, 5.41) is 3.16. The summed E-state index contributed by atoms with van der Waals surface area (Å²) in [7, 11) is -4.09. The van der Waals surface area contributed by atoms with Crippen molar-refractivity contribution in [2.75, 3.05) is 10.8 Å². The largest absolute Gasteiger partial charge is 0.352 e. The molecule has 0 saturated heterocycles. The minimum absolute atomic E-state index is 0.102. The topological polar surface area (TPSA) is 86.8 Å². The van der Waals surface area contributed by atoms with Gasteiger partial charge < -0.3 is 10.2 Å². The summed E-state index contributed by atoms with van der Waals surface area (Å²) in [6.07, 6.45) is 4.43. The number of aryl methyl sites for hydroxylation is 3. The molecule has 0 bridgehead atoms. The van der Waals surface area contributed by atoms with Gasteiger partial charge in [-0.05, 0) is 74.9 Å². The predicted molar refractivity (Wildman–Crippen MR) is 163 cm³/mol. The minimum Gasteiger partial charge on any atom is -0.352 e. The first kappa shape index (κ1) is 30.3. The highest BCUT2D eigenvalue weighted by molar-refractivity contribution is 7.92. The molecule has 0 heterocycles. The van der Waals surface area contributed by atoms with E-state index in [9.17, 15) is 18.0 Å². The molecule has 3 aromatic rings. The third-order valence-electron chi connectivity index (χ3n) is 7.77. The van der Waals surface area contributed by atoms with Crippen molar-refractivity contribution in [1.29, 1.82) is 0 Å². The van der Waals surface area contributed by atoms with Gasteiger partial charge in [0.15, 0.2) is 0 Å². The standard InChI is InChI=1S/C33H41N3O4S/c1-5-30(33(38)34-28-14-9-10-15-28)35(22-27-13-11-12-24(2)20-27)32(37)23-36(31-21-25(3)18-19-26(31)4)41(39,40)29-16-7-6-8-17-29/h6-8,11-13,16-21,28,30H,5,9-10,14-15,22-23H2,1-4H3,(H,34,38)/t30-/m1/s1. The lowest BCUT2D eigenvalue weighted by atomic mass is 10.1. The van der Waals surface area contributed by atoms with Crippen LogP contribution in [0.25, 0.3) is 0 Å². The van der Waals surface area contributed by atoms with Gasteiger partial charge in [0, 0.05) is 12.6 Å². The summed E-state index contributed by atoms with van der Waals surface area (Å²) in [6.45, 7) is 7.36. The van der Waals surface area contributed by atoms with Gasteiger partial charge in [-0.15, -0.1) is 0 Å². The lowest BCUT2D eigenvalue weighted by molar-refractivity contribution is -0.140. The zero-order valence-electron chi connectivity index (χ0n) is 24.5. The predicted octanol–water partition coefficient (Wildman–Crippen LogP) is 5.67. The molecule has 1 saturated carbocycles. The molecule has 1 N–H and O–H groups in total. The van der Waals surface area contributed by atoms with Gasteiger partial charge >= 0.3 is 0 Å². The minimum atomic E-state index is -4.09. The number of nitrogens with zero attached hydrogens (tertiary/aromatic N) is 2. The van der Waals surface area contributed by atoms with E-state index in [0.717, 1.165) is 47.9 Å². The van der Waals surface area contributed by atoms with Gasteiger partial charge in [-0.25, -0.2) is 8.42 Å². The Morgan fingerprint density at radius 2 is 1.59 bits per heavy atom. The van der Waals surface area contributed by atoms with Crippen molar-refractivity contribution in [3.8, 4) is 0 Å². The monoisotopic (exact) mass is 575 g/mol. The zero-order chi connectivity index (χ0) is 29.6. The van der Waals surface area contributed by atoms with E-state index in [0.29, 0.717) is 12.1 Å². The quantitative estimate of drug-likeness (QED) is 0.319. The highest BCUT2D eigenvalue weighted by Crippen LogP contribution is 2.29. The van der Waals surface area contributed by atoms with Crippen LogP contribution < -0.4 is 9.62 Å². The van der Waals surface area contributed by atoms with Crippen molar-refractivity contribution >= 4 is 27.5 Å². The van der Waals surface area contributed by atoms with Crippen LogP contribution in [-0.4, -0.2) is 43.8 Å². The van der Waals surface area contributed by atoms with Gasteiger partial charge in [-0.3, -0.25) is 13.9 Å². The van der Waals surface area contributed by atoms with Crippen molar-refractivity contribution in [3.05, 3.63) is 95.1 Å². The Bertz CT molecular complexity index is 1470. The van der Waals surface area contributed by atoms with Crippen molar-refractivity contribution < 1.29 is 18.0 Å². The zero-order valence-corrected chi connectivity index (χ0v) is 25.3. The van der Waals surface area contributed by atoms with E-state index < -0.39 is 28.5 Å². The van der Waals surface area contributed by atoms with Gasteiger partial charge in [-0.2, -0.15) is 0 Å². The van der Waals surface area contributed by atoms with Crippen LogP contribution in [0.15, 0.2) is 77.7 Å². The summed E-state index contributed by atoms with van der Waals surface area (Å²) < 4.78 is 29.3. The van der Waals surface area contributed by atoms with Crippen LogP contribution in [0.4, 0.5) is 5.69 Å². The average Bonchev–Trinajstić information content (AvgIpc) is 3.46. The van der Waals surface area contributed by atoms with Crippen LogP contribution in [0.5, 0.6) is 0 Å². The number of amides is 2. The second-order valence-electron chi connectivity index (χ2n) is 11.0. The average molecular weight is 576 g/mol. The maximum Gasteiger partial charge on any atom is 0.264 e. The molecular formula is C33H41N3O4S. The van der Waals surface area contributed by atoms with Gasteiger partial charge in [0.05, 0.1) is 10.6 Å². The molecule has 7 nitrogen and oxygen atoms in total. The Hall–Kier alpha value is -3.65. The molecule has 0 unspecified atom stereocenters. The van der Waals surface area contributed by atoms with Gasteiger partial charge in [-0.1, -0.05) is 79.9 Å². The molecule has 0 aromatic heterocycles. The van der Waals surface area contributed by atoms with Crippen LogP contribution in [0, 0.1) is 20.8 Å². The Labute approximate surface area is 244 Å². The number of carbonyl (C=O) groups is 2. The Kier molecular flexibility index (Phi) is 9.86. The van der Waals surface area contributed by atoms with Crippen LogP contribution in [-0.2, 0) is 26.2 Å². The molecule has 1 aliphatic carbocycles. The van der Waals surface area contributed by atoms with E-state index in [1.807, 2.05) is 64.1 Å². The first-order valence-electron chi connectivity index (χ1n) is 14.4. The van der Waals surface area contributed by atoms with Crippen molar-refractivity contribution in [1.82, 2.24) is 10.2 Å². The highest BCUT2D eigenvalue weighted by Gasteiger charge is 2.35. The molecule has 218 valence electrons. The number of sulfonamides is 1. The molecule has 4 rings (SSSR count). The molecule has 3 aromatic carbocycles. The number of nitrogens with one attached hydrogen (secondary N) is 1. The lowest BCUT2D eigenvalue weighted by Gasteiger charge is -2.34. The fraction of sp³-hybridized carbons (Fsp3) is 0.394. The Balaban J connectivity index is 1.74. The molecule has 0 radical (unpaired) electrons.